The number of amides is 2. The van der Waals surface area contributed by atoms with E-state index >= 15 is 0 Å². The molecule has 2 amide bonds. The highest BCUT2D eigenvalue weighted by molar-refractivity contribution is 6.00. The van der Waals surface area contributed by atoms with Gasteiger partial charge in [-0.3, -0.25) is 14.5 Å². The Bertz CT molecular complexity index is 828. The first-order valence-electron chi connectivity index (χ1n) is 10.2. The first-order valence-corrected chi connectivity index (χ1v) is 10.2. The number of methoxy groups -OCH3 is 1. The topological polar surface area (TPSA) is 75.0 Å². The van der Waals surface area contributed by atoms with E-state index in [1.54, 1.807) is 18.3 Å². The molecule has 4 rings (SSSR count). The second kappa shape index (κ2) is 8.69. The maximum absolute atomic E-state index is 12.8. The molecule has 2 aliphatic heterocycles. The molecule has 1 N–H and O–H groups in total. The van der Waals surface area contributed by atoms with Gasteiger partial charge >= 0.3 is 0 Å². The minimum absolute atomic E-state index is 0.0301. The van der Waals surface area contributed by atoms with Gasteiger partial charge in [-0.1, -0.05) is 0 Å². The van der Waals surface area contributed by atoms with E-state index in [2.05, 4.69) is 10.2 Å². The number of furan rings is 1. The van der Waals surface area contributed by atoms with Crippen LogP contribution in [0.2, 0.25) is 0 Å². The molecule has 2 unspecified atom stereocenters. The van der Waals surface area contributed by atoms with Crippen LogP contribution in [0.15, 0.2) is 47.1 Å². The molecule has 0 bridgehead atoms. The zero-order chi connectivity index (χ0) is 20.2. The van der Waals surface area contributed by atoms with Crippen LogP contribution in [0.4, 0.5) is 5.69 Å². The third-order valence-electron chi connectivity index (χ3n) is 5.80. The Kier molecular flexibility index (Phi) is 5.85. The first-order chi connectivity index (χ1) is 14.2. The van der Waals surface area contributed by atoms with Crippen molar-refractivity contribution in [2.45, 2.75) is 25.3 Å². The summed E-state index contributed by atoms with van der Waals surface area (Å²) in [6, 6.07) is 11.2. The normalized spacial score (nSPS) is 20.8. The van der Waals surface area contributed by atoms with Gasteiger partial charge in [0, 0.05) is 25.2 Å². The maximum Gasteiger partial charge on any atom is 0.227 e. The fraction of sp³-hybridized carbons (Fsp3) is 0.455. The summed E-state index contributed by atoms with van der Waals surface area (Å²) >= 11 is 0. The van der Waals surface area contributed by atoms with Crippen LogP contribution in [0, 0.1) is 5.92 Å². The number of likely N-dealkylation sites (tertiary alicyclic amines) is 1. The molecule has 0 aliphatic carbocycles. The van der Waals surface area contributed by atoms with Crippen LogP contribution in [-0.4, -0.2) is 50.0 Å². The van der Waals surface area contributed by atoms with Crippen LogP contribution in [0.3, 0.4) is 0 Å². The molecule has 7 nitrogen and oxygen atoms in total. The standard InChI is InChI=1S/C22H27N3O4/c1-28-18-8-6-17(7-9-18)25-15-16(13-21(25)26)22(27)23-14-19(20-5-4-12-29-20)24-10-2-3-11-24/h4-9,12,16,19H,2-3,10-11,13-15H2,1H3,(H,23,27). The maximum atomic E-state index is 12.8. The second-order valence-corrected chi connectivity index (χ2v) is 7.62. The van der Waals surface area contributed by atoms with Crippen molar-refractivity contribution in [3.05, 3.63) is 48.4 Å². The Labute approximate surface area is 170 Å². The summed E-state index contributed by atoms with van der Waals surface area (Å²) in [6.45, 7) is 2.90. The number of carbonyl (C=O) groups is 2. The lowest BCUT2D eigenvalue weighted by Gasteiger charge is -2.26. The van der Waals surface area contributed by atoms with Crippen LogP contribution in [0.5, 0.6) is 5.75 Å². The fourth-order valence-corrected chi connectivity index (χ4v) is 4.18. The zero-order valence-corrected chi connectivity index (χ0v) is 16.7. The van der Waals surface area contributed by atoms with E-state index in [1.165, 1.54) is 12.8 Å². The number of nitrogens with zero attached hydrogens (tertiary/aromatic N) is 2. The molecule has 0 spiro atoms. The molecule has 1 aromatic carbocycles. The van der Waals surface area contributed by atoms with Gasteiger partial charge in [0.15, 0.2) is 0 Å². The van der Waals surface area contributed by atoms with Crippen molar-refractivity contribution in [2.75, 3.05) is 38.2 Å². The van der Waals surface area contributed by atoms with E-state index in [0.29, 0.717) is 13.1 Å². The highest BCUT2D eigenvalue weighted by atomic mass is 16.5. The third kappa shape index (κ3) is 4.29. The minimum Gasteiger partial charge on any atom is -0.497 e. The third-order valence-corrected chi connectivity index (χ3v) is 5.80. The predicted molar refractivity (Wildman–Crippen MR) is 109 cm³/mol. The van der Waals surface area contributed by atoms with Crippen LogP contribution in [0.1, 0.15) is 31.1 Å². The SMILES string of the molecule is COc1ccc(N2CC(C(=O)NCC(c3ccco3)N3CCCC3)CC2=O)cc1. The van der Waals surface area contributed by atoms with Crippen LogP contribution in [0.25, 0.3) is 0 Å². The van der Waals surface area contributed by atoms with Gasteiger partial charge in [0.1, 0.15) is 11.5 Å². The Hall–Kier alpha value is -2.80. The fourth-order valence-electron chi connectivity index (χ4n) is 4.18. The first kappa shape index (κ1) is 19.5. The molecule has 1 aromatic heterocycles. The molecule has 2 fully saturated rings. The lowest BCUT2D eigenvalue weighted by Crippen LogP contribution is -2.39. The number of carbonyl (C=O) groups excluding carboxylic acids is 2. The van der Waals surface area contributed by atoms with Gasteiger partial charge < -0.3 is 19.4 Å². The summed E-state index contributed by atoms with van der Waals surface area (Å²) in [7, 11) is 1.61. The van der Waals surface area contributed by atoms with Crippen molar-refractivity contribution in [2.24, 2.45) is 5.92 Å². The van der Waals surface area contributed by atoms with E-state index in [-0.39, 0.29) is 30.2 Å². The van der Waals surface area contributed by atoms with Crippen LogP contribution < -0.4 is 15.0 Å². The summed E-state index contributed by atoms with van der Waals surface area (Å²) < 4.78 is 10.8. The van der Waals surface area contributed by atoms with Gasteiger partial charge in [0.25, 0.3) is 0 Å². The summed E-state index contributed by atoms with van der Waals surface area (Å²) in [6.07, 6.45) is 4.23. The monoisotopic (exact) mass is 397 g/mol. The molecular weight excluding hydrogens is 370 g/mol. The number of benzene rings is 1. The Morgan fingerprint density at radius 3 is 2.66 bits per heavy atom. The van der Waals surface area contributed by atoms with Crippen molar-refractivity contribution in [3.63, 3.8) is 0 Å². The Morgan fingerprint density at radius 1 is 1.24 bits per heavy atom. The predicted octanol–water partition coefficient (Wildman–Crippen LogP) is 2.59. The lowest BCUT2D eigenvalue weighted by atomic mass is 10.1. The number of hydrogen-bond acceptors (Lipinski definition) is 5. The van der Waals surface area contributed by atoms with Crippen molar-refractivity contribution >= 4 is 17.5 Å². The average molecular weight is 397 g/mol. The van der Waals surface area contributed by atoms with Crippen molar-refractivity contribution in [1.29, 1.82) is 0 Å². The lowest BCUT2D eigenvalue weighted by molar-refractivity contribution is -0.126. The van der Waals surface area contributed by atoms with Gasteiger partial charge in [0.2, 0.25) is 11.8 Å². The van der Waals surface area contributed by atoms with E-state index in [9.17, 15) is 9.59 Å². The summed E-state index contributed by atoms with van der Waals surface area (Å²) in [4.78, 5) is 29.3. The number of hydrogen-bond donors (Lipinski definition) is 1. The summed E-state index contributed by atoms with van der Waals surface area (Å²) in [5, 5.41) is 3.06. The summed E-state index contributed by atoms with van der Waals surface area (Å²) in [5.74, 6) is 1.15. The molecule has 0 saturated carbocycles. The van der Waals surface area contributed by atoms with Crippen molar-refractivity contribution < 1.29 is 18.7 Å². The van der Waals surface area contributed by atoms with Crippen molar-refractivity contribution in [1.82, 2.24) is 10.2 Å². The zero-order valence-electron chi connectivity index (χ0n) is 16.7. The van der Waals surface area contributed by atoms with Gasteiger partial charge in [-0.2, -0.15) is 0 Å². The van der Waals surface area contributed by atoms with E-state index in [4.69, 9.17) is 9.15 Å². The van der Waals surface area contributed by atoms with E-state index < -0.39 is 0 Å². The Morgan fingerprint density at radius 2 is 2.00 bits per heavy atom. The molecule has 7 heteroatoms. The highest BCUT2D eigenvalue weighted by Crippen LogP contribution is 2.28. The van der Waals surface area contributed by atoms with Gasteiger partial charge in [-0.05, 0) is 62.3 Å². The molecule has 29 heavy (non-hydrogen) atoms. The number of anilines is 1. The van der Waals surface area contributed by atoms with Crippen LogP contribution >= 0.6 is 0 Å². The molecule has 2 aliphatic rings. The van der Waals surface area contributed by atoms with Gasteiger partial charge in [0.05, 0.1) is 25.3 Å². The molecule has 2 aromatic rings. The highest BCUT2D eigenvalue weighted by Gasteiger charge is 2.36. The smallest absolute Gasteiger partial charge is 0.227 e. The summed E-state index contributed by atoms with van der Waals surface area (Å²) in [5.41, 5.74) is 0.789. The van der Waals surface area contributed by atoms with Crippen LogP contribution in [-0.2, 0) is 9.59 Å². The van der Waals surface area contributed by atoms with Gasteiger partial charge in [-0.15, -0.1) is 0 Å². The quantitative estimate of drug-likeness (QED) is 0.777. The number of ether oxygens (including phenoxy) is 1. The van der Waals surface area contributed by atoms with E-state index in [1.807, 2.05) is 36.4 Å². The molecular formula is C22H27N3O4. The molecule has 154 valence electrons. The Balaban J connectivity index is 1.37. The van der Waals surface area contributed by atoms with E-state index in [0.717, 1.165) is 30.3 Å². The average Bonchev–Trinajstić information content (AvgIpc) is 3.51. The number of nitrogens with one attached hydrogen (secondary N) is 1. The minimum atomic E-state index is -0.347. The second-order valence-electron chi connectivity index (χ2n) is 7.62. The molecule has 3 heterocycles. The molecule has 2 saturated heterocycles. The van der Waals surface area contributed by atoms with Gasteiger partial charge in [-0.25, -0.2) is 0 Å². The number of rotatable bonds is 7. The largest absolute Gasteiger partial charge is 0.497 e. The molecule has 0 radical (unpaired) electrons. The van der Waals surface area contributed by atoms with Crippen molar-refractivity contribution in [3.8, 4) is 5.75 Å². The molecule has 2 atom stereocenters.